The van der Waals surface area contributed by atoms with Gasteiger partial charge in [-0.2, -0.15) is 0 Å². The molecule has 19 aromatic carbocycles. The Hall–Kier alpha value is -14.7. The Morgan fingerprint density at radius 3 is 0.664 bits per heavy atom. The topological polar surface area (TPSA) is 24.6 Å². The van der Waals surface area contributed by atoms with Gasteiger partial charge in [-0.1, -0.05) is 359 Å². The lowest BCUT2D eigenvalue weighted by molar-refractivity contribution is 0.590. The molecule has 0 radical (unpaired) electrons. The predicted octanol–water partition coefficient (Wildman–Crippen LogP) is 31.6. The average molecular weight is 1770 g/mol. The summed E-state index contributed by atoms with van der Waals surface area (Å²) < 4.78 is 12.4. The van der Waals surface area contributed by atoms with Crippen molar-refractivity contribution in [2.45, 2.75) is 37.0 Å². The second-order valence-corrected chi connectivity index (χ2v) is 35.4. The van der Waals surface area contributed by atoms with Crippen LogP contribution in [0.2, 0.25) is 0 Å². The monoisotopic (exact) mass is 1770 g/mol. The van der Waals surface area contributed by atoms with E-state index in [2.05, 4.69) is 503 Å². The maximum Gasteiger partial charge on any atom is 0.0713 e. The van der Waals surface area contributed by atoms with E-state index in [-0.39, 0.29) is 18.9 Å². The number of nitrogens with zero attached hydrogens (tertiary/aromatic N) is 5. The molecule has 5 aromatic heterocycles. The van der Waals surface area contributed by atoms with E-state index in [0.717, 1.165) is 61.7 Å². The molecule has 26 rings (SSSR count). The third-order valence-corrected chi connectivity index (χ3v) is 28.0. The van der Waals surface area contributed by atoms with Crippen LogP contribution in [0.3, 0.4) is 0 Å². The van der Waals surface area contributed by atoms with Gasteiger partial charge < -0.3 is 36.3 Å². The molecule has 0 fully saturated rings. The molecule has 2 aliphatic carbocycles. The maximum atomic E-state index is 2.58. The summed E-state index contributed by atoms with van der Waals surface area (Å²) in [5.41, 5.74) is 36.3. The molecule has 0 unspecified atom stereocenters. The highest BCUT2D eigenvalue weighted by molar-refractivity contribution is 14.1. The van der Waals surface area contributed by atoms with Gasteiger partial charge in [0, 0.05) is 82.3 Å². The van der Waals surface area contributed by atoms with E-state index >= 15 is 0 Å². The molecule has 0 spiro atoms. The molecule has 24 aromatic rings. The summed E-state index contributed by atoms with van der Waals surface area (Å²) in [5, 5.41) is 12.2. The smallest absolute Gasteiger partial charge is 0.0713 e. The Labute approximate surface area is 763 Å². The maximum absolute atomic E-state index is 2.58. The van der Waals surface area contributed by atoms with Crippen LogP contribution in [0.1, 0.15) is 70.8 Å². The minimum Gasteiger partial charge on any atom is -2.00 e. The zero-order valence-electron chi connectivity index (χ0n) is 71.1. The second kappa shape index (κ2) is 29.7. The molecular formula is C121H84IN5S-2. The van der Waals surface area contributed by atoms with Gasteiger partial charge in [0.2, 0.25) is 0 Å². The van der Waals surface area contributed by atoms with Crippen LogP contribution in [0.15, 0.2) is 437 Å². The van der Waals surface area contributed by atoms with Crippen molar-refractivity contribution in [3.8, 4) is 72.9 Å². The van der Waals surface area contributed by atoms with Crippen LogP contribution in [0, 0.1) is 0 Å². The number of alkyl halides is 1. The Morgan fingerprint density at radius 1 is 0.188 bits per heavy atom. The summed E-state index contributed by atoms with van der Waals surface area (Å²) in [4.78, 5) is 1.97. The molecule has 0 aliphatic heterocycles. The normalized spacial score (nSPS) is 13.1. The highest BCUT2D eigenvalue weighted by Crippen LogP contribution is 2.60. The highest BCUT2D eigenvalue weighted by Gasteiger charge is 2.48. The van der Waals surface area contributed by atoms with Crippen LogP contribution in [0.4, 0.5) is 0 Å². The first-order valence-electron chi connectivity index (χ1n) is 44.1. The molecule has 0 saturated carbocycles. The van der Waals surface area contributed by atoms with Crippen LogP contribution in [-0.2, 0) is 29.7 Å². The van der Waals surface area contributed by atoms with E-state index in [1.54, 1.807) is 0 Å². The van der Waals surface area contributed by atoms with Gasteiger partial charge in [-0.25, -0.2) is 0 Å². The van der Waals surface area contributed by atoms with Crippen LogP contribution < -0.4 is 0 Å². The van der Waals surface area contributed by atoms with Crippen LogP contribution in [0.25, 0.3) is 182 Å². The number of hydrogen-bond acceptors (Lipinski definition) is 0. The largest absolute Gasteiger partial charge is 2.00 e. The molecular weight excluding hydrogens is 1680 g/mol. The molecule has 2 aliphatic rings. The Morgan fingerprint density at radius 2 is 0.406 bits per heavy atom. The van der Waals surface area contributed by atoms with Crippen molar-refractivity contribution in [1.29, 1.82) is 0 Å². The van der Waals surface area contributed by atoms with Gasteiger partial charge in [-0.3, -0.25) is 0 Å². The quantitative estimate of drug-likeness (QED) is 0.0911. The summed E-state index contributed by atoms with van der Waals surface area (Å²) >= 11 is 2.15. The second-order valence-electron chi connectivity index (χ2n) is 35.4. The third-order valence-electron chi connectivity index (χ3n) is 28.0. The van der Waals surface area contributed by atoms with Crippen LogP contribution in [0.5, 0.6) is 0 Å². The molecule has 0 amide bonds. The molecule has 608 valence electrons. The predicted molar refractivity (Wildman–Crippen MR) is 550 cm³/mol. The number of benzene rings is 19. The summed E-state index contributed by atoms with van der Waals surface area (Å²) in [7, 11) is 0. The first-order valence-corrected chi connectivity index (χ1v) is 46.2. The van der Waals surface area contributed by atoms with E-state index < -0.39 is 10.8 Å². The number of aromatic nitrogens is 5. The van der Waals surface area contributed by atoms with Gasteiger partial charge in [-0.05, 0) is 226 Å². The molecule has 0 saturated heterocycles. The van der Waals surface area contributed by atoms with Gasteiger partial charge in [0.05, 0.1) is 66.0 Å². The summed E-state index contributed by atoms with van der Waals surface area (Å²) in [5.74, 6) is 0. The lowest BCUT2D eigenvalue weighted by atomic mass is 9.67. The number of fused-ring (bicyclic) bond motifs is 21. The number of rotatable bonds is 11. The summed E-state index contributed by atoms with van der Waals surface area (Å²) in [6.45, 7) is 6.92. The van der Waals surface area contributed by atoms with E-state index in [4.69, 9.17) is 0 Å². The summed E-state index contributed by atoms with van der Waals surface area (Å²) in [6.07, 6.45) is 0. The lowest BCUT2D eigenvalue weighted by Crippen LogP contribution is -2.28. The van der Waals surface area contributed by atoms with Crippen LogP contribution in [-0.4, -0.2) is 27.8 Å². The van der Waals surface area contributed by atoms with Crippen molar-refractivity contribution in [2.24, 2.45) is 0 Å². The Bertz CT molecular complexity index is 7610. The molecule has 0 atom stereocenters. The lowest BCUT2D eigenvalue weighted by Gasteiger charge is -2.34. The van der Waals surface area contributed by atoms with Crippen molar-refractivity contribution in [1.82, 2.24) is 22.8 Å². The van der Waals surface area contributed by atoms with Gasteiger partial charge in [0.25, 0.3) is 0 Å². The van der Waals surface area contributed by atoms with E-state index in [0.29, 0.717) is 0 Å². The van der Waals surface area contributed by atoms with Crippen molar-refractivity contribution in [3.63, 3.8) is 0 Å². The highest BCUT2D eigenvalue weighted by atomic mass is 127. The van der Waals surface area contributed by atoms with Gasteiger partial charge in [-0.15, -0.1) is 0 Å². The van der Waals surface area contributed by atoms with Crippen molar-refractivity contribution >= 4 is 145 Å². The number of para-hydroxylation sites is 8. The van der Waals surface area contributed by atoms with Gasteiger partial charge >= 0.3 is 0 Å². The first-order chi connectivity index (χ1) is 62.6. The van der Waals surface area contributed by atoms with Crippen molar-refractivity contribution < 1.29 is 0 Å². The molecule has 5 nitrogen and oxygen atoms in total. The third kappa shape index (κ3) is 11.2. The van der Waals surface area contributed by atoms with E-state index in [1.165, 1.54) is 170 Å². The fraction of sp³-hybridized carbons (Fsp3) is 0.0579. The van der Waals surface area contributed by atoms with Crippen molar-refractivity contribution in [3.05, 3.63) is 487 Å². The van der Waals surface area contributed by atoms with E-state index in [1.807, 2.05) is 4.93 Å². The standard InChI is InChI=1S/C120H81N5.CH3I.S/c1-118(2,3)80-60-64-85(65-61-80)121-116-66-62-83(119(104-40-16-4-28-90(104)91-29-5-17-41-105(91)119)81-56-52-76(53-57-81)78-68-86(122-108-44-20-8-32-94(108)95-33-9-21-45-109(95)122)74-87(69-78)123-110-46-22-10-34-96(110)97-35-11-23-47-111(97)123)72-102(116)103-73-84(63-67-117(103)121)120(106-42-18-6-30-92(106)93-31-7-19-43-107(93)120)82-58-54-77(55-59-82)79-70-88(124-112-48-24-12-36-98(112)99-37-13-25-49-113(99)124)75-89(71-79)125-114-50-26-14-38-100(114)101-39-15-27-51-115(101)125;1-2;/h4-75H,1-3H3;1H3;/q;;-2. The fourth-order valence-corrected chi connectivity index (χ4v) is 22.6. The van der Waals surface area contributed by atoms with E-state index in [9.17, 15) is 0 Å². The SMILES string of the molecule is CC(C)(C)c1ccc(-n2c3ccc(C4(c5ccc(-c6cc(-n7c8ccccc8c8ccccc87)cc(-n7c8ccccc8c8ccccc87)c6)cc5)c5ccccc5-c5ccccc54)cc3c3cc(C4(c5ccc(-c6cc(-n7c8ccccc8c8ccccc87)cc(-n7c8ccccc8c8ccccc87)c6)cc5)c5ccccc5-c5ccccc54)ccc32)cc1.CI.[S-2]. The molecule has 0 N–H and O–H groups in total. The minimum absolute atomic E-state index is 0. The van der Waals surface area contributed by atoms with Gasteiger partial charge in [0.1, 0.15) is 0 Å². The zero-order chi connectivity index (χ0) is 84.5. The molecule has 7 heteroatoms. The summed E-state index contributed by atoms with van der Waals surface area (Å²) in [6, 6.07) is 166. The Kier molecular flexibility index (Phi) is 17.8. The van der Waals surface area contributed by atoms with Crippen LogP contribution >= 0.6 is 22.6 Å². The molecule has 0 bridgehead atoms. The zero-order valence-corrected chi connectivity index (χ0v) is 74.1. The molecule has 5 heterocycles. The fourth-order valence-electron chi connectivity index (χ4n) is 22.6. The van der Waals surface area contributed by atoms with Gasteiger partial charge in [0.15, 0.2) is 0 Å². The molecule has 128 heavy (non-hydrogen) atoms. The average Bonchev–Trinajstić information content (AvgIpc) is 1.52. The first kappa shape index (κ1) is 76.9. The van der Waals surface area contributed by atoms with Crippen molar-refractivity contribution in [2.75, 3.05) is 4.93 Å². The number of halogens is 1. The Balaban J connectivity index is 0.00000302. The number of hydrogen-bond donors (Lipinski definition) is 0. The minimum atomic E-state index is -0.751.